The van der Waals surface area contributed by atoms with E-state index in [4.69, 9.17) is 9.47 Å². The number of sulfone groups is 1. The fourth-order valence-electron chi connectivity index (χ4n) is 2.35. The Balaban J connectivity index is 2.03. The highest BCUT2D eigenvalue weighted by molar-refractivity contribution is 7.93. The van der Waals surface area contributed by atoms with Crippen molar-refractivity contribution in [3.8, 4) is 11.5 Å². The van der Waals surface area contributed by atoms with Crippen molar-refractivity contribution >= 4 is 33.0 Å². The molecule has 9 heteroatoms. The molecule has 0 saturated carbocycles. The second-order valence-electron chi connectivity index (χ2n) is 5.92. The largest absolute Gasteiger partial charge is 0.493 e. The van der Waals surface area contributed by atoms with E-state index < -0.39 is 32.7 Å². The summed E-state index contributed by atoms with van der Waals surface area (Å²) in [5.41, 5.74) is 0.823. The Hall–Kier alpha value is -3.07. The smallest absolute Gasteiger partial charge is 0.242 e. The third kappa shape index (κ3) is 5.46. The lowest BCUT2D eigenvalue weighted by molar-refractivity contribution is -0.115. The van der Waals surface area contributed by atoms with Gasteiger partial charge in [0.2, 0.25) is 11.8 Å². The van der Waals surface area contributed by atoms with Gasteiger partial charge in [0, 0.05) is 17.4 Å². The molecule has 1 unspecified atom stereocenters. The Labute approximate surface area is 163 Å². The topological polar surface area (TPSA) is 111 Å². The van der Waals surface area contributed by atoms with E-state index in [1.807, 2.05) is 0 Å². The van der Waals surface area contributed by atoms with Crippen LogP contribution in [0, 0.1) is 0 Å². The molecule has 0 bridgehead atoms. The van der Waals surface area contributed by atoms with E-state index in [-0.39, 0.29) is 0 Å². The van der Waals surface area contributed by atoms with E-state index in [1.54, 1.807) is 42.5 Å². The van der Waals surface area contributed by atoms with Crippen LogP contribution in [-0.2, 0) is 19.4 Å². The molecule has 0 radical (unpaired) electrons. The van der Waals surface area contributed by atoms with Crippen LogP contribution in [0.4, 0.5) is 11.4 Å². The molecular formula is C19H22N2O6S. The predicted octanol–water partition coefficient (Wildman–Crippen LogP) is 2.08. The van der Waals surface area contributed by atoms with Crippen LogP contribution in [0.2, 0.25) is 0 Å². The fourth-order valence-corrected chi connectivity index (χ4v) is 3.42. The maximum Gasteiger partial charge on any atom is 0.242 e. The summed E-state index contributed by atoms with van der Waals surface area (Å²) in [6.07, 6.45) is 0. The number of nitrogens with one attached hydrogen (secondary N) is 2. The normalized spacial score (nSPS) is 12.0. The molecule has 2 N–H and O–H groups in total. The van der Waals surface area contributed by atoms with Gasteiger partial charge in [-0.25, -0.2) is 8.42 Å². The molecule has 0 heterocycles. The SMILES string of the molecule is COc1ccc(NC(=O)C(C)S(=O)(=O)CC(=O)Nc2ccccc2)cc1OC. The summed E-state index contributed by atoms with van der Waals surface area (Å²) in [5, 5.41) is 3.59. The Kier molecular flexibility index (Phi) is 7.00. The molecule has 2 rings (SSSR count). The van der Waals surface area contributed by atoms with Gasteiger partial charge in [0.05, 0.1) is 14.2 Å². The first-order chi connectivity index (χ1) is 13.3. The molecule has 1 atom stereocenters. The highest BCUT2D eigenvalue weighted by Crippen LogP contribution is 2.29. The third-order valence-electron chi connectivity index (χ3n) is 3.95. The minimum absolute atomic E-state index is 0.346. The van der Waals surface area contributed by atoms with E-state index in [2.05, 4.69) is 10.6 Å². The summed E-state index contributed by atoms with van der Waals surface area (Å²) in [5.74, 6) is -1.41. The Bertz CT molecular complexity index is 944. The molecule has 0 fully saturated rings. The lowest BCUT2D eigenvalue weighted by Crippen LogP contribution is -2.37. The number of hydrogen-bond donors (Lipinski definition) is 2. The number of carbonyl (C=O) groups excluding carboxylic acids is 2. The average molecular weight is 406 g/mol. The maximum atomic E-state index is 12.4. The van der Waals surface area contributed by atoms with Gasteiger partial charge >= 0.3 is 0 Å². The zero-order valence-corrected chi connectivity index (χ0v) is 16.6. The van der Waals surface area contributed by atoms with Gasteiger partial charge in [0.1, 0.15) is 11.0 Å². The van der Waals surface area contributed by atoms with Gasteiger partial charge in [-0.05, 0) is 31.2 Å². The molecule has 28 heavy (non-hydrogen) atoms. The third-order valence-corrected chi connectivity index (χ3v) is 5.90. The van der Waals surface area contributed by atoms with Gasteiger partial charge in [0.25, 0.3) is 0 Å². The van der Waals surface area contributed by atoms with Crippen molar-refractivity contribution in [2.45, 2.75) is 12.2 Å². The molecule has 0 aliphatic heterocycles. The predicted molar refractivity (Wildman–Crippen MR) is 106 cm³/mol. The van der Waals surface area contributed by atoms with Crippen LogP contribution in [0.5, 0.6) is 11.5 Å². The Morgan fingerprint density at radius 1 is 0.929 bits per heavy atom. The molecule has 2 amide bonds. The Morgan fingerprint density at radius 3 is 2.18 bits per heavy atom. The van der Waals surface area contributed by atoms with Crippen molar-refractivity contribution in [3.63, 3.8) is 0 Å². The monoisotopic (exact) mass is 406 g/mol. The highest BCUT2D eigenvalue weighted by atomic mass is 32.2. The fraction of sp³-hybridized carbons (Fsp3) is 0.263. The number of anilines is 2. The van der Waals surface area contributed by atoms with Crippen LogP contribution >= 0.6 is 0 Å². The number of ether oxygens (including phenoxy) is 2. The molecule has 2 aromatic rings. The lowest BCUT2D eigenvalue weighted by Gasteiger charge is -2.15. The quantitative estimate of drug-likeness (QED) is 0.694. The van der Waals surface area contributed by atoms with E-state index >= 15 is 0 Å². The van der Waals surface area contributed by atoms with E-state index in [1.165, 1.54) is 27.2 Å². The summed E-state index contributed by atoms with van der Waals surface area (Å²) in [6, 6.07) is 13.1. The number of hydrogen-bond acceptors (Lipinski definition) is 6. The molecule has 2 aromatic carbocycles. The lowest BCUT2D eigenvalue weighted by atomic mass is 10.2. The van der Waals surface area contributed by atoms with Crippen LogP contribution in [-0.4, -0.2) is 45.5 Å². The van der Waals surface area contributed by atoms with E-state index in [0.717, 1.165) is 0 Å². The second kappa shape index (κ2) is 9.23. The van der Waals surface area contributed by atoms with Gasteiger partial charge in [-0.3, -0.25) is 9.59 Å². The molecule has 0 spiro atoms. The van der Waals surface area contributed by atoms with Gasteiger partial charge in [-0.1, -0.05) is 18.2 Å². The van der Waals surface area contributed by atoms with Crippen LogP contribution in [0.3, 0.4) is 0 Å². The maximum absolute atomic E-state index is 12.4. The number of para-hydroxylation sites is 1. The standard InChI is InChI=1S/C19H22N2O6S/c1-13(19(23)21-15-9-10-16(26-2)17(11-15)27-3)28(24,25)12-18(22)20-14-7-5-4-6-8-14/h4-11,13H,12H2,1-3H3,(H,20,22)(H,21,23). The van der Waals surface area contributed by atoms with Crippen molar-refractivity contribution in [3.05, 3.63) is 48.5 Å². The van der Waals surface area contributed by atoms with E-state index in [0.29, 0.717) is 22.9 Å². The van der Waals surface area contributed by atoms with Crippen LogP contribution < -0.4 is 20.1 Å². The summed E-state index contributed by atoms with van der Waals surface area (Å²) < 4.78 is 35.1. The van der Waals surface area contributed by atoms with Crippen LogP contribution in [0.1, 0.15) is 6.92 Å². The number of methoxy groups -OCH3 is 2. The summed E-state index contributed by atoms with van der Waals surface area (Å²) in [4.78, 5) is 24.4. The summed E-state index contributed by atoms with van der Waals surface area (Å²) in [6.45, 7) is 1.24. The van der Waals surface area contributed by atoms with Gasteiger partial charge in [-0.2, -0.15) is 0 Å². The molecule has 0 saturated heterocycles. The molecule has 0 aliphatic rings. The van der Waals surface area contributed by atoms with Crippen molar-refractivity contribution in [2.24, 2.45) is 0 Å². The average Bonchev–Trinajstić information content (AvgIpc) is 2.67. The van der Waals surface area contributed by atoms with Crippen LogP contribution in [0.15, 0.2) is 48.5 Å². The van der Waals surface area contributed by atoms with Gasteiger partial charge in [0.15, 0.2) is 21.3 Å². The molecular weight excluding hydrogens is 384 g/mol. The number of amides is 2. The number of carbonyl (C=O) groups is 2. The summed E-state index contributed by atoms with van der Waals surface area (Å²) in [7, 11) is -1.08. The second-order valence-corrected chi connectivity index (χ2v) is 8.24. The van der Waals surface area contributed by atoms with Crippen LogP contribution in [0.25, 0.3) is 0 Å². The van der Waals surface area contributed by atoms with Crippen molar-refractivity contribution in [1.82, 2.24) is 0 Å². The number of benzene rings is 2. The highest BCUT2D eigenvalue weighted by Gasteiger charge is 2.30. The Morgan fingerprint density at radius 2 is 1.57 bits per heavy atom. The van der Waals surface area contributed by atoms with Gasteiger partial charge < -0.3 is 20.1 Å². The zero-order valence-electron chi connectivity index (χ0n) is 15.8. The number of rotatable bonds is 8. The minimum atomic E-state index is -4.01. The van der Waals surface area contributed by atoms with Crippen molar-refractivity contribution in [1.29, 1.82) is 0 Å². The molecule has 8 nitrogen and oxygen atoms in total. The molecule has 0 aliphatic carbocycles. The molecule has 150 valence electrons. The van der Waals surface area contributed by atoms with E-state index in [9.17, 15) is 18.0 Å². The summed E-state index contributed by atoms with van der Waals surface area (Å²) >= 11 is 0. The molecule has 0 aromatic heterocycles. The van der Waals surface area contributed by atoms with Gasteiger partial charge in [-0.15, -0.1) is 0 Å². The first kappa shape index (κ1) is 21.2. The first-order valence-corrected chi connectivity index (χ1v) is 10.1. The zero-order chi connectivity index (χ0) is 20.7. The first-order valence-electron chi connectivity index (χ1n) is 8.36. The van der Waals surface area contributed by atoms with Crippen molar-refractivity contribution in [2.75, 3.05) is 30.6 Å². The van der Waals surface area contributed by atoms with Crippen molar-refractivity contribution < 1.29 is 27.5 Å². The minimum Gasteiger partial charge on any atom is -0.493 e.